The first-order valence-corrected chi connectivity index (χ1v) is 12.6. The smallest absolute Gasteiger partial charge is 0.251 e. The maximum atomic E-state index is 13.2. The molecule has 0 radical (unpaired) electrons. The van der Waals surface area contributed by atoms with Crippen molar-refractivity contribution in [1.29, 1.82) is 0 Å². The van der Waals surface area contributed by atoms with Crippen LogP contribution in [0.4, 0.5) is 5.13 Å². The molecule has 2 heterocycles. The number of thiazole rings is 1. The van der Waals surface area contributed by atoms with Gasteiger partial charge in [0.2, 0.25) is 5.91 Å². The van der Waals surface area contributed by atoms with E-state index in [9.17, 15) is 9.59 Å². The summed E-state index contributed by atoms with van der Waals surface area (Å²) in [4.78, 5) is 30.6. The Morgan fingerprint density at radius 2 is 1.69 bits per heavy atom. The molecular weight excluding hydrogens is 456 g/mol. The average Bonchev–Trinajstić information content (AvgIpc) is 3.45. The highest BCUT2D eigenvalue weighted by Crippen LogP contribution is 2.31. The van der Waals surface area contributed by atoms with Crippen molar-refractivity contribution in [3.05, 3.63) is 89.1 Å². The molecule has 0 spiro atoms. The number of rotatable bonds is 8. The Labute approximate surface area is 210 Å². The third-order valence-electron chi connectivity index (χ3n) is 6.27. The number of anilines is 1. The Morgan fingerprint density at radius 3 is 2.34 bits per heavy atom. The lowest BCUT2D eigenvalue weighted by molar-refractivity contribution is -0.119. The van der Waals surface area contributed by atoms with Crippen LogP contribution >= 0.6 is 11.3 Å². The Hall–Kier alpha value is -3.71. The van der Waals surface area contributed by atoms with Crippen molar-refractivity contribution in [3.8, 4) is 16.9 Å². The second kappa shape index (κ2) is 10.7. The van der Waals surface area contributed by atoms with Gasteiger partial charge in [-0.25, -0.2) is 4.98 Å². The predicted octanol–water partition coefficient (Wildman–Crippen LogP) is 6.00. The second-order valence-electron chi connectivity index (χ2n) is 8.69. The molecule has 2 atom stereocenters. The van der Waals surface area contributed by atoms with E-state index in [2.05, 4.69) is 47.2 Å². The van der Waals surface area contributed by atoms with Crippen LogP contribution in [0.3, 0.4) is 0 Å². The summed E-state index contributed by atoms with van der Waals surface area (Å²) in [6.45, 7) is 8.11. The first kappa shape index (κ1) is 24.4. The minimum absolute atomic E-state index is 0.0353. The summed E-state index contributed by atoms with van der Waals surface area (Å²) >= 11 is 1.38. The summed E-state index contributed by atoms with van der Waals surface area (Å²) in [5.41, 5.74) is 5.67. The van der Waals surface area contributed by atoms with Gasteiger partial charge in [0.05, 0.1) is 5.69 Å². The molecule has 0 fully saturated rings. The summed E-state index contributed by atoms with van der Waals surface area (Å²) < 4.78 is 2.20. The first-order valence-electron chi connectivity index (χ1n) is 11.8. The fourth-order valence-corrected chi connectivity index (χ4v) is 4.86. The minimum atomic E-state index is -0.664. The molecule has 4 aromatic rings. The number of hydrogen-bond donors (Lipinski definition) is 2. The van der Waals surface area contributed by atoms with Crippen LogP contribution in [0, 0.1) is 19.8 Å². The number of carbonyl (C=O) groups is 2. The zero-order chi connectivity index (χ0) is 24.9. The number of nitrogens with one attached hydrogen (secondary N) is 2. The van der Waals surface area contributed by atoms with Crippen molar-refractivity contribution in [1.82, 2.24) is 14.9 Å². The highest BCUT2D eigenvalue weighted by atomic mass is 32.1. The molecule has 0 aliphatic carbocycles. The number of hydrogen-bond acceptors (Lipinski definition) is 4. The van der Waals surface area contributed by atoms with Gasteiger partial charge in [-0.3, -0.25) is 9.59 Å². The monoisotopic (exact) mass is 486 g/mol. The van der Waals surface area contributed by atoms with Gasteiger partial charge in [-0.1, -0.05) is 56.7 Å². The summed E-state index contributed by atoms with van der Waals surface area (Å²) in [5, 5.41) is 8.29. The van der Waals surface area contributed by atoms with Gasteiger partial charge in [0.15, 0.2) is 5.13 Å². The van der Waals surface area contributed by atoms with E-state index in [0.717, 1.165) is 34.8 Å². The quantitative estimate of drug-likeness (QED) is 0.321. The summed E-state index contributed by atoms with van der Waals surface area (Å²) in [6.07, 6.45) is 0.752. The molecule has 6 nitrogen and oxygen atoms in total. The van der Waals surface area contributed by atoms with Crippen LogP contribution in [-0.2, 0) is 4.79 Å². The number of carbonyl (C=O) groups excluding carboxylic acids is 2. The van der Waals surface area contributed by atoms with Gasteiger partial charge in [0.1, 0.15) is 6.04 Å². The van der Waals surface area contributed by atoms with Crippen LogP contribution in [0.1, 0.15) is 42.0 Å². The van der Waals surface area contributed by atoms with Crippen molar-refractivity contribution in [2.45, 2.75) is 40.2 Å². The lowest BCUT2D eigenvalue weighted by Crippen LogP contribution is -2.47. The largest absolute Gasteiger partial charge is 0.340 e. The molecule has 35 heavy (non-hydrogen) atoms. The first-order chi connectivity index (χ1) is 16.9. The maximum Gasteiger partial charge on any atom is 0.251 e. The number of para-hydroxylation sites is 1. The Kier molecular flexibility index (Phi) is 7.46. The fourth-order valence-electron chi connectivity index (χ4n) is 4.15. The van der Waals surface area contributed by atoms with Gasteiger partial charge in [0.25, 0.3) is 5.91 Å². The number of benzene rings is 2. The van der Waals surface area contributed by atoms with E-state index in [1.165, 1.54) is 11.3 Å². The molecule has 0 aliphatic heterocycles. The fraction of sp³-hybridized carbons (Fsp3) is 0.250. The average molecular weight is 487 g/mol. The summed E-state index contributed by atoms with van der Waals surface area (Å²) in [7, 11) is 0. The number of aryl methyl sites for hydroxylation is 1. The summed E-state index contributed by atoms with van der Waals surface area (Å²) in [5.74, 6) is -0.564. The van der Waals surface area contributed by atoms with E-state index in [-0.39, 0.29) is 17.7 Å². The molecule has 0 saturated heterocycles. The van der Waals surface area contributed by atoms with Gasteiger partial charge in [-0.2, -0.15) is 0 Å². The van der Waals surface area contributed by atoms with E-state index < -0.39 is 6.04 Å². The Bertz CT molecular complexity index is 1310. The molecule has 0 bridgehead atoms. The Morgan fingerprint density at radius 1 is 1.03 bits per heavy atom. The number of aromatic nitrogens is 2. The van der Waals surface area contributed by atoms with Gasteiger partial charge < -0.3 is 15.2 Å². The molecule has 7 heteroatoms. The topological polar surface area (TPSA) is 76.0 Å². The highest BCUT2D eigenvalue weighted by molar-refractivity contribution is 7.14. The maximum absolute atomic E-state index is 13.2. The van der Waals surface area contributed by atoms with Crippen LogP contribution in [0.15, 0.2) is 72.1 Å². The Balaban J connectivity index is 1.52. The van der Waals surface area contributed by atoms with Crippen molar-refractivity contribution in [2.24, 2.45) is 5.92 Å². The number of amides is 2. The van der Waals surface area contributed by atoms with Gasteiger partial charge in [-0.15, -0.1) is 11.3 Å². The molecule has 2 aromatic carbocycles. The molecule has 4 rings (SSSR count). The molecule has 0 unspecified atom stereocenters. The highest BCUT2D eigenvalue weighted by Gasteiger charge is 2.27. The van der Waals surface area contributed by atoms with Crippen LogP contribution < -0.4 is 10.6 Å². The third kappa shape index (κ3) is 5.35. The SMILES string of the molecule is CC[C@@H](C)[C@H](NC(=O)c1ccccc1)C(=O)Nc1nc(-c2cc(C)n(-c3ccccc3)c2C)cs1. The normalized spacial score (nSPS) is 12.7. The van der Waals surface area contributed by atoms with E-state index in [1.54, 1.807) is 24.3 Å². The van der Waals surface area contributed by atoms with Gasteiger partial charge >= 0.3 is 0 Å². The van der Waals surface area contributed by atoms with E-state index >= 15 is 0 Å². The second-order valence-corrected chi connectivity index (χ2v) is 9.54. The molecule has 180 valence electrons. The molecule has 0 aliphatic rings. The van der Waals surface area contributed by atoms with E-state index in [4.69, 9.17) is 4.98 Å². The lowest BCUT2D eigenvalue weighted by atomic mass is 9.98. The minimum Gasteiger partial charge on any atom is -0.340 e. The molecule has 0 saturated carbocycles. The predicted molar refractivity (Wildman–Crippen MR) is 142 cm³/mol. The molecule has 2 aromatic heterocycles. The molecule has 2 N–H and O–H groups in total. The standard InChI is InChI=1S/C28H30N4O2S/c1-5-18(2)25(30-26(33)21-12-8-6-9-13-21)27(34)31-28-29-24(17-35-28)23-16-19(3)32(20(23)4)22-14-10-7-11-15-22/h6-18,25H,5H2,1-4H3,(H,30,33)(H,29,31,34)/t18-,25+/m1/s1. The van der Waals surface area contributed by atoms with Crippen molar-refractivity contribution in [3.63, 3.8) is 0 Å². The zero-order valence-electron chi connectivity index (χ0n) is 20.4. The van der Waals surface area contributed by atoms with Gasteiger partial charge in [-0.05, 0) is 50.1 Å². The van der Waals surface area contributed by atoms with E-state index in [1.807, 2.05) is 43.5 Å². The van der Waals surface area contributed by atoms with Crippen LogP contribution in [0.2, 0.25) is 0 Å². The van der Waals surface area contributed by atoms with Crippen molar-refractivity contribution in [2.75, 3.05) is 5.32 Å². The van der Waals surface area contributed by atoms with E-state index in [0.29, 0.717) is 10.7 Å². The zero-order valence-corrected chi connectivity index (χ0v) is 21.2. The third-order valence-corrected chi connectivity index (χ3v) is 7.03. The van der Waals surface area contributed by atoms with Crippen LogP contribution in [0.5, 0.6) is 0 Å². The van der Waals surface area contributed by atoms with Crippen LogP contribution in [0.25, 0.3) is 16.9 Å². The van der Waals surface area contributed by atoms with Gasteiger partial charge in [0, 0.05) is 33.6 Å². The number of nitrogens with zero attached hydrogens (tertiary/aromatic N) is 2. The van der Waals surface area contributed by atoms with Crippen LogP contribution in [-0.4, -0.2) is 27.4 Å². The lowest BCUT2D eigenvalue weighted by Gasteiger charge is -2.23. The van der Waals surface area contributed by atoms with Crippen molar-refractivity contribution < 1.29 is 9.59 Å². The molecule has 2 amide bonds. The van der Waals surface area contributed by atoms with Crippen molar-refractivity contribution >= 4 is 28.3 Å². The summed E-state index contributed by atoms with van der Waals surface area (Å²) in [6, 6.07) is 20.6. The molecular formula is C28H30N4O2S.